The number of nitrogens with one attached hydrogen (secondary N) is 2. The predicted molar refractivity (Wildman–Crippen MR) is 126 cm³/mol. The molecule has 0 saturated heterocycles. The molecule has 33 heavy (non-hydrogen) atoms. The molecule has 178 valence electrons. The van der Waals surface area contributed by atoms with Gasteiger partial charge < -0.3 is 10.1 Å². The zero-order chi connectivity index (χ0) is 25.0. The number of ether oxygens (including phenoxy) is 1. The molecule has 0 aliphatic heterocycles. The Bertz CT molecular complexity index is 1120. The number of amides is 1. The van der Waals surface area contributed by atoms with Gasteiger partial charge in [-0.2, -0.15) is 4.72 Å². The summed E-state index contributed by atoms with van der Waals surface area (Å²) in [7, 11) is -3.98. The molecular formula is C23H27ClN2O6S. The molecule has 2 N–H and O–H groups in total. The van der Waals surface area contributed by atoms with E-state index in [1.165, 1.54) is 50.2 Å². The number of Topliss-reactive ketones (excluding diaryl/α,β-unsaturated/α-hetero) is 1. The van der Waals surface area contributed by atoms with E-state index in [4.69, 9.17) is 16.3 Å². The van der Waals surface area contributed by atoms with Crippen LogP contribution in [0, 0.1) is 5.41 Å². The molecule has 0 heterocycles. The molecule has 0 bridgehead atoms. The van der Waals surface area contributed by atoms with Gasteiger partial charge in [-0.25, -0.2) is 8.42 Å². The van der Waals surface area contributed by atoms with Gasteiger partial charge in [0.15, 0.2) is 6.10 Å². The Morgan fingerprint density at radius 3 is 2.00 bits per heavy atom. The molecule has 0 aliphatic carbocycles. The normalized spacial score (nSPS) is 13.6. The number of hydrogen-bond donors (Lipinski definition) is 2. The first-order valence-electron chi connectivity index (χ1n) is 10.1. The van der Waals surface area contributed by atoms with Crippen molar-refractivity contribution >= 4 is 45.0 Å². The lowest BCUT2D eigenvalue weighted by Gasteiger charge is -2.18. The van der Waals surface area contributed by atoms with Crippen LogP contribution in [-0.4, -0.2) is 38.2 Å². The first-order chi connectivity index (χ1) is 15.2. The van der Waals surface area contributed by atoms with Crippen molar-refractivity contribution in [2.45, 2.75) is 51.7 Å². The third-order valence-corrected chi connectivity index (χ3v) is 6.39. The smallest absolute Gasteiger partial charge is 0.324 e. The van der Waals surface area contributed by atoms with Crippen molar-refractivity contribution in [3.8, 4) is 0 Å². The fourth-order valence-electron chi connectivity index (χ4n) is 2.56. The lowest BCUT2D eigenvalue weighted by Crippen LogP contribution is -2.41. The molecule has 0 aromatic heterocycles. The van der Waals surface area contributed by atoms with Crippen LogP contribution in [0.15, 0.2) is 53.4 Å². The summed E-state index contributed by atoms with van der Waals surface area (Å²) in [4.78, 5) is 37.0. The molecule has 0 aliphatic rings. The van der Waals surface area contributed by atoms with Gasteiger partial charge in [0.05, 0.1) is 4.90 Å². The van der Waals surface area contributed by atoms with Gasteiger partial charge in [0.2, 0.25) is 21.7 Å². The van der Waals surface area contributed by atoms with Crippen LogP contribution < -0.4 is 10.0 Å². The number of esters is 1. The monoisotopic (exact) mass is 494 g/mol. The molecule has 2 aromatic carbocycles. The molecule has 2 aromatic rings. The SMILES string of the molecule is CC(OC(=O)[C@H](C)NS(=O)(=O)c1ccc(Cl)cc1)C(=O)c1ccc(NC(=O)C(C)(C)C)cc1. The second-order valence-electron chi connectivity index (χ2n) is 8.52. The van der Waals surface area contributed by atoms with Crippen molar-refractivity contribution in [3.63, 3.8) is 0 Å². The number of benzene rings is 2. The molecule has 0 fully saturated rings. The Hall–Kier alpha value is -2.75. The summed E-state index contributed by atoms with van der Waals surface area (Å²) < 4.78 is 32.2. The van der Waals surface area contributed by atoms with Gasteiger partial charge in [0, 0.05) is 21.7 Å². The van der Waals surface area contributed by atoms with Crippen molar-refractivity contribution in [3.05, 3.63) is 59.1 Å². The Labute approximate surface area is 198 Å². The number of rotatable bonds is 8. The highest BCUT2D eigenvalue weighted by Crippen LogP contribution is 2.19. The van der Waals surface area contributed by atoms with Gasteiger partial charge >= 0.3 is 5.97 Å². The van der Waals surface area contributed by atoms with Gasteiger partial charge in [-0.15, -0.1) is 0 Å². The molecule has 0 saturated carbocycles. The van der Waals surface area contributed by atoms with Crippen molar-refractivity contribution < 1.29 is 27.5 Å². The highest BCUT2D eigenvalue weighted by Gasteiger charge is 2.27. The molecule has 0 radical (unpaired) electrons. The Morgan fingerprint density at radius 1 is 0.939 bits per heavy atom. The summed E-state index contributed by atoms with van der Waals surface area (Å²) >= 11 is 5.76. The van der Waals surface area contributed by atoms with E-state index in [2.05, 4.69) is 10.0 Å². The van der Waals surface area contributed by atoms with Crippen LogP contribution >= 0.6 is 11.6 Å². The third kappa shape index (κ3) is 7.38. The Kier molecular flexibility index (Phi) is 8.40. The maximum atomic E-state index is 12.6. The van der Waals surface area contributed by atoms with Crippen LogP contribution in [0.5, 0.6) is 0 Å². The lowest BCUT2D eigenvalue weighted by atomic mass is 9.95. The van der Waals surface area contributed by atoms with Crippen LogP contribution in [0.3, 0.4) is 0 Å². The summed E-state index contributed by atoms with van der Waals surface area (Å²) in [6.45, 7) is 8.07. The standard InChI is InChI=1S/C23H27ClN2O6S/c1-14(26-33(30,31)19-12-8-17(24)9-13-19)21(28)32-15(2)20(27)16-6-10-18(11-7-16)25-22(29)23(3,4)5/h6-15,26H,1-5H3,(H,25,29)/t14-,15?/m0/s1. The maximum absolute atomic E-state index is 12.6. The quantitative estimate of drug-likeness (QED) is 0.425. The van der Waals surface area contributed by atoms with E-state index in [1.54, 1.807) is 32.9 Å². The molecule has 1 amide bonds. The fraction of sp³-hybridized carbons (Fsp3) is 0.348. The third-order valence-electron chi connectivity index (χ3n) is 4.58. The number of halogens is 1. The van der Waals surface area contributed by atoms with E-state index in [9.17, 15) is 22.8 Å². The minimum Gasteiger partial charge on any atom is -0.453 e. The van der Waals surface area contributed by atoms with Crippen LogP contribution in [0.4, 0.5) is 5.69 Å². The zero-order valence-corrected chi connectivity index (χ0v) is 20.6. The van der Waals surface area contributed by atoms with Gasteiger partial charge in [-0.3, -0.25) is 14.4 Å². The van der Waals surface area contributed by atoms with Crippen LogP contribution in [0.2, 0.25) is 5.02 Å². The van der Waals surface area contributed by atoms with Crippen LogP contribution in [-0.2, 0) is 24.3 Å². The highest BCUT2D eigenvalue weighted by molar-refractivity contribution is 7.89. The van der Waals surface area contributed by atoms with Crippen LogP contribution in [0.1, 0.15) is 45.0 Å². The number of carbonyl (C=O) groups is 3. The molecule has 8 nitrogen and oxygen atoms in total. The van der Waals surface area contributed by atoms with Crippen molar-refractivity contribution in [1.29, 1.82) is 0 Å². The second kappa shape index (κ2) is 10.5. The second-order valence-corrected chi connectivity index (χ2v) is 10.7. The van der Waals surface area contributed by atoms with Crippen molar-refractivity contribution in [2.24, 2.45) is 5.41 Å². The maximum Gasteiger partial charge on any atom is 0.324 e. The average Bonchev–Trinajstić information content (AvgIpc) is 2.73. The molecule has 2 rings (SSSR count). The lowest BCUT2D eigenvalue weighted by molar-refractivity contribution is -0.147. The topological polar surface area (TPSA) is 119 Å². The number of hydrogen-bond acceptors (Lipinski definition) is 6. The van der Waals surface area contributed by atoms with E-state index >= 15 is 0 Å². The summed E-state index contributed by atoms with van der Waals surface area (Å²) in [6.07, 6.45) is -1.14. The van der Waals surface area contributed by atoms with Crippen molar-refractivity contribution in [1.82, 2.24) is 4.72 Å². The van der Waals surface area contributed by atoms with E-state index < -0.39 is 39.3 Å². The first-order valence-corrected chi connectivity index (χ1v) is 12.0. The minimum absolute atomic E-state index is 0.0608. The highest BCUT2D eigenvalue weighted by atomic mass is 35.5. The van der Waals surface area contributed by atoms with E-state index in [0.717, 1.165) is 0 Å². The van der Waals surface area contributed by atoms with Crippen LogP contribution in [0.25, 0.3) is 0 Å². The number of carbonyl (C=O) groups excluding carboxylic acids is 3. The summed E-state index contributed by atoms with van der Waals surface area (Å²) in [5.41, 5.74) is 0.239. The molecule has 10 heteroatoms. The van der Waals surface area contributed by atoms with E-state index in [1.807, 2.05) is 0 Å². The fourth-order valence-corrected chi connectivity index (χ4v) is 3.88. The molecule has 0 spiro atoms. The Balaban J connectivity index is 1.98. The minimum atomic E-state index is -3.98. The first kappa shape index (κ1) is 26.5. The average molecular weight is 495 g/mol. The number of ketones is 1. The molecule has 2 atom stereocenters. The Morgan fingerprint density at radius 2 is 1.48 bits per heavy atom. The van der Waals surface area contributed by atoms with E-state index in [-0.39, 0.29) is 16.4 Å². The summed E-state index contributed by atoms with van der Waals surface area (Å²) in [6, 6.07) is 10.4. The van der Waals surface area contributed by atoms with Crippen molar-refractivity contribution in [2.75, 3.05) is 5.32 Å². The van der Waals surface area contributed by atoms with E-state index in [0.29, 0.717) is 10.7 Å². The number of anilines is 1. The largest absolute Gasteiger partial charge is 0.453 e. The van der Waals surface area contributed by atoms with Gasteiger partial charge in [-0.1, -0.05) is 32.4 Å². The predicted octanol–water partition coefficient (Wildman–Crippen LogP) is 3.81. The number of sulfonamides is 1. The summed E-state index contributed by atoms with van der Waals surface area (Å²) in [5.74, 6) is -1.54. The summed E-state index contributed by atoms with van der Waals surface area (Å²) in [5, 5.41) is 3.13. The zero-order valence-electron chi connectivity index (χ0n) is 19.0. The molecule has 1 unspecified atom stereocenters. The van der Waals surface area contributed by atoms with Gasteiger partial charge in [0.1, 0.15) is 6.04 Å². The molecular weight excluding hydrogens is 468 g/mol. The van der Waals surface area contributed by atoms with Gasteiger partial charge in [-0.05, 0) is 62.4 Å². The van der Waals surface area contributed by atoms with Gasteiger partial charge in [0.25, 0.3) is 0 Å².